The molecular formula is C13H9OPS2. The summed E-state index contributed by atoms with van der Waals surface area (Å²) in [5.41, 5.74) is 5.54. The topological polar surface area (TPSA) is 17.1 Å². The van der Waals surface area contributed by atoms with Crippen LogP contribution in [0.1, 0.15) is 9.75 Å². The predicted octanol–water partition coefficient (Wildman–Crippen LogP) is 4.12. The summed E-state index contributed by atoms with van der Waals surface area (Å²) in [6, 6.07) is 7.66. The van der Waals surface area contributed by atoms with Crippen LogP contribution < -0.4 is 0 Å². The molecule has 2 heterocycles. The van der Waals surface area contributed by atoms with Gasteiger partial charge in [0.05, 0.1) is 9.75 Å². The fourth-order valence-corrected chi connectivity index (χ4v) is 3.07. The Bertz CT molecular complexity index is 590. The van der Waals surface area contributed by atoms with Gasteiger partial charge < -0.3 is 0 Å². The van der Waals surface area contributed by atoms with Crippen LogP contribution in [-0.4, -0.2) is 6.66 Å². The lowest BCUT2D eigenvalue weighted by atomic mass is 10.5. The van der Waals surface area contributed by atoms with Crippen LogP contribution in [0.25, 0.3) is 0 Å². The maximum absolute atomic E-state index is 12.1. The van der Waals surface area contributed by atoms with Crippen LogP contribution in [0.2, 0.25) is 0 Å². The highest BCUT2D eigenvalue weighted by molar-refractivity contribution is 7.73. The normalized spacial score (nSPS) is 9.94. The van der Waals surface area contributed by atoms with Crippen molar-refractivity contribution < 1.29 is 4.57 Å². The van der Waals surface area contributed by atoms with Crippen LogP contribution in [0.3, 0.4) is 0 Å². The van der Waals surface area contributed by atoms with E-state index in [2.05, 4.69) is 23.2 Å². The van der Waals surface area contributed by atoms with E-state index < -0.39 is 7.14 Å². The fraction of sp³-hybridized carbons (Fsp3) is 0.0769. The molecule has 2 aromatic rings. The number of rotatable bonds is 0. The Hall–Kier alpha value is -1.25. The molecule has 0 spiro atoms. The lowest BCUT2D eigenvalue weighted by molar-refractivity contribution is 0.591. The maximum atomic E-state index is 12.1. The lowest BCUT2D eigenvalue weighted by Gasteiger charge is -1.90. The van der Waals surface area contributed by atoms with Gasteiger partial charge in [0.25, 0.3) is 0 Å². The van der Waals surface area contributed by atoms with Crippen LogP contribution in [-0.2, 0) is 4.57 Å². The first kappa shape index (κ1) is 12.2. The van der Waals surface area contributed by atoms with Crippen LogP contribution in [0.5, 0.6) is 0 Å². The summed E-state index contributed by atoms with van der Waals surface area (Å²) in [4.78, 5) is 1.84. The van der Waals surface area contributed by atoms with Crippen LogP contribution in [0, 0.1) is 23.2 Å². The SMILES string of the molecule is CP(=O)(C#Cc1cccs1)C#Cc1cccs1. The minimum Gasteiger partial charge on any atom is -0.296 e. The molecule has 1 nitrogen and oxygen atoms in total. The molecule has 84 valence electrons. The van der Waals surface area contributed by atoms with Crippen molar-refractivity contribution in [1.29, 1.82) is 0 Å². The van der Waals surface area contributed by atoms with Gasteiger partial charge in [-0.25, -0.2) is 0 Å². The van der Waals surface area contributed by atoms with E-state index in [1.165, 1.54) is 22.7 Å². The fourth-order valence-electron chi connectivity index (χ4n) is 1.05. The van der Waals surface area contributed by atoms with Crippen molar-refractivity contribution in [3.8, 4) is 23.2 Å². The van der Waals surface area contributed by atoms with Crippen LogP contribution in [0.15, 0.2) is 35.0 Å². The zero-order chi connectivity index (χ0) is 12.1. The second-order valence-electron chi connectivity index (χ2n) is 3.35. The third kappa shape index (κ3) is 3.91. The van der Waals surface area contributed by atoms with Crippen molar-refractivity contribution >= 4 is 29.8 Å². The number of hydrogen-bond acceptors (Lipinski definition) is 3. The van der Waals surface area contributed by atoms with Crippen molar-refractivity contribution in [2.75, 3.05) is 6.66 Å². The largest absolute Gasteiger partial charge is 0.296 e. The van der Waals surface area contributed by atoms with Gasteiger partial charge in [0.15, 0.2) is 0 Å². The van der Waals surface area contributed by atoms with E-state index in [-0.39, 0.29) is 0 Å². The molecule has 0 atom stereocenters. The molecule has 0 aliphatic carbocycles. The van der Waals surface area contributed by atoms with E-state index in [4.69, 9.17) is 0 Å². The first-order valence-electron chi connectivity index (χ1n) is 4.87. The highest BCUT2D eigenvalue weighted by atomic mass is 32.1. The Kier molecular flexibility index (Phi) is 3.87. The maximum Gasteiger partial charge on any atom is 0.220 e. The van der Waals surface area contributed by atoms with Crippen LogP contribution in [0.4, 0.5) is 0 Å². The molecule has 0 fully saturated rings. The second kappa shape index (κ2) is 5.39. The Morgan fingerprint density at radius 2 is 1.47 bits per heavy atom. The second-order valence-corrected chi connectivity index (χ2v) is 7.54. The van der Waals surface area contributed by atoms with Gasteiger partial charge in [-0.1, -0.05) is 12.1 Å². The molecule has 0 radical (unpaired) electrons. The van der Waals surface area contributed by atoms with Crippen molar-refractivity contribution in [1.82, 2.24) is 0 Å². The van der Waals surface area contributed by atoms with Crippen molar-refractivity contribution in [3.63, 3.8) is 0 Å². The molecule has 0 unspecified atom stereocenters. The molecule has 0 saturated carbocycles. The van der Waals surface area contributed by atoms with E-state index in [0.717, 1.165) is 9.75 Å². The minimum atomic E-state index is -2.68. The first-order valence-corrected chi connectivity index (χ1v) is 8.78. The van der Waals surface area contributed by atoms with Gasteiger partial charge in [0.2, 0.25) is 7.14 Å². The molecular weight excluding hydrogens is 267 g/mol. The molecule has 4 heteroatoms. The van der Waals surface area contributed by atoms with Crippen molar-refractivity contribution in [3.05, 3.63) is 44.8 Å². The summed E-state index contributed by atoms with van der Waals surface area (Å²) in [5.74, 6) is 5.80. The predicted molar refractivity (Wildman–Crippen MR) is 75.9 cm³/mol. The Labute approximate surface area is 109 Å². The summed E-state index contributed by atoms with van der Waals surface area (Å²) in [6.45, 7) is 1.61. The monoisotopic (exact) mass is 276 g/mol. The lowest BCUT2D eigenvalue weighted by Crippen LogP contribution is -1.70. The molecule has 0 aliphatic rings. The summed E-state index contributed by atoms with van der Waals surface area (Å²) in [7, 11) is -2.68. The molecule has 0 aliphatic heterocycles. The minimum absolute atomic E-state index is 0.921. The summed E-state index contributed by atoms with van der Waals surface area (Å²) in [5, 5.41) is 3.89. The average molecular weight is 276 g/mol. The molecule has 0 N–H and O–H groups in total. The van der Waals surface area contributed by atoms with E-state index in [9.17, 15) is 4.57 Å². The highest BCUT2D eigenvalue weighted by Crippen LogP contribution is 2.38. The van der Waals surface area contributed by atoms with Crippen molar-refractivity contribution in [2.24, 2.45) is 0 Å². The molecule has 2 aromatic heterocycles. The number of thiophene rings is 2. The van der Waals surface area contributed by atoms with Crippen molar-refractivity contribution in [2.45, 2.75) is 0 Å². The Morgan fingerprint density at radius 1 is 1.00 bits per heavy atom. The Morgan fingerprint density at radius 3 is 1.82 bits per heavy atom. The third-order valence-corrected chi connectivity index (χ3v) is 4.47. The molecule has 0 saturated heterocycles. The van der Waals surface area contributed by atoms with E-state index in [0.29, 0.717) is 0 Å². The average Bonchev–Trinajstić information content (AvgIpc) is 2.97. The summed E-state index contributed by atoms with van der Waals surface area (Å²) in [6.07, 6.45) is 0. The van der Waals surface area contributed by atoms with Crippen LogP contribution >= 0.6 is 29.8 Å². The zero-order valence-electron chi connectivity index (χ0n) is 9.14. The summed E-state index contributed by atoms with van der Waals surface area (Å²) < 4.78 is 12.1. The summed E-state index contributed by atoms with van der Waals surface area (Å²) >= 11 is 3.08. The van der Waals surface area contributed by atoms with Gasteiger partial charge in [-0.05, 0) is 46.1 Å². The molecule has 0 aromatic carbocycles. The van der Waals surface area contributed by atoms with E-state index >= 15 is 0 Å². The molecule has 0 bridgehead atoms. The van der Waals surface area contributed by atoms with Gasteiger partial charge in [-0.3, -0.25) is 4.57 Å². The standard InChI is InChI=1S/C13H9OPS2/c1-15(14,8-6-12-4-2-10-16-12)9-7-13-5-3-11-17-13/h2-5,10-11H,1H3. The first-order chi connectivity index (χ1) is 8.16. The van der Waals surface area contributed by atoms with Gasteiger partial charge in [0.1, 0.15) is 0 Å². The highest BCUT2D eigenvalue weighted by Gasteiger charge is 2.05. The molecule has 17 heavy (non-hydrogen) atoms. The van der Waals surface area contributed by atoms with Gasteiger partial charge in [-0.2, -0.15) is 0 Å². The molecule has 0 amide bonds. The van der Waals surface area contributed by atoms with E-state index in [1.807, 2.05) is 35.0 Å². The third-order valence-electron chi connectivity index (χ3n) is 1.83. The van der Waals surface area contributed by atoms with Gasteiger partial charge in [-0.15, -0.1) is 22.7 Å². The smallest absolute Gasteiger partial charge is 0.220 e. The van der Waals surface area contributed by atoms with Gasteiger partial charge >= 0.3 is 0 Å². The van der Waals surface area contributed by atoms with E-state index in [1.54, 1.807) is 6.66 Å². The quantitative estimate of drug-likeness (QED) is 0.522. The molecule has 2 rings (SSSR count). The van der Waals surface area contributed by atoms with Gasteiger partial charge in [0, 0.05) is 6.66 Å². The number of hydrogen-bond donors (Lipinski definition) is 0. The Balaban J connectivity index is 2.17. The zero-order valence-corrected chi connectivity index (χ0v) is 11.7.